The van der Waals surface area contributed by atoms with Crippen LogP contribution in [-0.4, -0.2) is 31.1 Å². The Kier molecular flexibility index (Phi) is 4.60. The van der Waals surface area contributed by atoms with Crippen LogP contribution in [0.5, 0.6) is 5.75 Å². The quantitative estimate of drug-likeness (QED) is 0.799. The van der Waals surface area contributed by atoms with Crippen molar-refractivity contribution in [3.8, 4) is 11.8 Å². The Morgan fingerprint density at radius 3 is 2.77 bits per heavy atom. The molecule has 136 valence electrons. The number of nitrogens with one attached hydrogen (secondary N) is 1. The molecule has 7 nitrogen and oxygen atoms in total. The molecular weight excluding hydrogens is 336 g/mol. The summed E-state index contributed by atoms with van der Waals surface area (Å²) in [6.45, 7) is 2.95. The third-order valence-electron chi connectivity index (χ3n) is 4.69. The van der Waals surface area contributed by atoms with Crippen LogP contribution >= 0.6 is 0 Å². The van der Waals surface area contributed by atoms with E-state index in [0.717, 1.165) is 18.2 Å². The molecule has 1 aliphatic rings. The number of hydrogen-bond acceptors (Lipinski definition) is 6. The summed E-state index contributed by atoms with van der Waals surface area (Å²) in [5.74, 6) is -0.384. The number of carbonyl (C=O) groups is 2. The van der Waals surface area contributed by atoms with E-state index in [0.29, 0.717) is 16.9 Å². The van der Waals surface area contributed by atoms with E-state index in [9.17, 15) is 14.9 Å². The van der Waals surface area contributed by atoms with Crippen molar-refractivity contribution in [3.05, 3.63) is 29.5 Å². The van der Waals surface area contributed by atoms with Gasteiger partial charge in [0.15, 0.2) is 6.61 Å². The lowest BCUT2D eigenvalue weighted by Crippen LogP contribution is -2.48. The van der Waals surface area contributed by atoms with Crippen molar-refractivity contribution in [2.24, 2.45) is 5.92 Å². The molecular formula is C19H20N2O5. The first-order chi connectivity index (χ1) is 12.4. The monoisotopic (exact) mass is 356 g/mol. The number of esters is 1. The van der Waals surface area contributed by atoms with E-state index in [4.69, 9.17) is 13.9 Å². The van der Waals surface area contributed by atoms with Crippen molar-refractivity contribution in [1.29, 1.82) is 5.26 Å². The second-order valence-corrected chi connectivity index (χ2v) is 6.63. The summed E-state index contributed by atoms with van der Waals surface area (Å²) in [5.41, 5.74) is 0.227. The number of methoxy groups -OCH3 is 1. The molecule has 1 aromatic carbocycles. The number of rotatable bonds is 6. The number of nitrogens with zero attached hydrogens (tertiary/aromatic N) is 1. The molecule has 0 radical (unpaired) electrons. The predicted octanol–water partition coefficient (Wildman–Crippen LogP) is 2.72. The fraction of sp³-hybridized carbons (Fsp3) is 0.421. The summed E-state index contributed by atoms with van der Waals surface area (Å²) in [6, 6.07) is 7.33. The Morgan fingerprint density at radius 1 is 1.42 bits per heavy atom. The number of hydrogen-bond donors (Lipinski definition) is 1. The molecule has 26 heavy (non-hydrogen) atoms. The van der Waals surface area contributed by atoms with E-state index in [-0.39, 0.29) is 11.7 Å². The Balaban J connectivity index is 1.67. The number of fused-ring (bicyclic) bond motifs is 1. The molecule has 0 saturated heterocycles. The van der Waals surface area contributed by atoms with Gasteiger partial charge in [0.1, 0.15) is 16.9 Å². The lowest BCUT2D eigenvalue weighted by molar-refractivity contribution is -0.125. The van der Waals surface area contributed by atoms with Crippen molar-refractivity contribution in [2.75, 3.05) is 13.7 Å². The predicted molar refractivity (Wildman–Crippen MR) is 92.7 cm³/mol. The van der Waals surface area contributed by atoms with Crippen molar-refractivity contribution in [3.63, 3.8) is 0 Å². The molecule has 1 amide bonds. The van der Waals surface area contributed by atoms with Gasteiger partial charge in [0.25, 0.3) is 5.91 Å². The standard InChI is InChI=1S/C19H20N2O5/c1-11-14-8-13(24-3)6-7-15(14)26-17(11)18(23)25-9-16(22)21-19(2,10-20)12-4-5-12/h6-8,12H,4-5,9H2,1-3H3,(H,21,22)/t19-/m1/s1. The van der Waals surface area contributed by atoms with Gasteiger partial charge in [-0.2, -0.15) is 5.26 Å². The molecule has 0 aliphatic heterocycles. The van der Waals surface area contributed by atoms with Gasteiger partial charge in [-0.15, -0.1) is 0 Å². The highest BCUT2D eigenvalue weighted by Gasteiger charge is 2.43. The average Bonchev–Trinajstić information content (AvgIpc) is 3.45. The Bertz CT molecular complexity index is 907. The second kappa shape index (κ2) is 6.71. The number of carbonyl (C=O) groups excluding carboxylic acids is 2. The minimum absolute atomic E-state index is 0.0475. The van der Waals surface area contributed by atoms with E-state index in [1.54, 1.807) is 39.2 Å². The number of amides is 1. The second-order valence-electron chi connectivity index (χ2n) is 6.63. The van der Waals surface area contributed by atoms with Crippen molar-refractivity contribution < 1.29 is 23.5 Å². The fourth-order valence-corrected chi connectivity index (χ4v) is 2.93. The number of furan rings is 1. The number of nitriles is 1. The van der Waals surface area contributed by atoms with Crippen molar-refractivity contribution >= 4 is 22.8 Å². The van der Waals surface area contributed by atoms with Gasteiger partial charge in [0.05, 0.1) is 13.2 Å². The summed E-state index contributed by atoms with van der Waals surface area (Å²) in [6.07, 6.45) is 1.82. The van der Waals surface area contributed by atoms with Crippen LogP contribution in [0.15, 0.2) is 22.6 Å². The zero-order valence-corrected chi connectivity index (χ0v) is 14.9. The van der Waals surface area contributed by atoms with Crippen LogP contribution in [0.1, 0.15) is 35.9 Å². The first-order valence-electron chi connectivity index (χ1n) is 8.34. The number of ether oxygens (including phenoxy) is 2. The summed E-state index contributed by atoms with van der Waals surface area (Å²) in [5, 5.41) is 12.6. The first-order valence-corrected chi connectivity index (χ1v) is 8.34. The number of aryl methyl sites for hydroxylation is 1. The van der Waals surface area contributed by atoms with Gasteiger partial charge >= 0.3 is 5.97 Å². The van der Waals surface area contributed by atoms with Gasteiger partial charge in [-0.3, -0.25) is 4.79 Å². The zero-order chi connectivity index (χ0) is 18.9. The molecule has 1 heterocycles. The maximum Gasteiger partial charge on any atom is 0.375 e. The molecule has 1 aromatic heterocycles. The minimum atomic E-state index is -0.921. The summed E-state index contributed by atoms with van der Waals surface area (Å²) >= 11 is 0. The molecule has 1 N–H and O–H groups in total. The molecule has 0 unspecified atom stereocenters. The Labute approximate surface area is 150 Å². The average molecular weight is 356 g/mol. The third-order valence-corrected chi connectivity index (χ3v) is 4.69. The maximum atomic E-state index is 12.3. The van der Waals surface area contributed by atoms with Crippen LogP contribution in [0.2, 0.25) is 0 Å². The van der Waals surface area contributed by atoms with Crippen LogP contribution in [0.25, 0.3) is 11.0 Å². The van der Waals surface area contributed by atoms with Crippen LogP contribution in [0, 0.1) is 24.2 Å². The van der Waals surface area contributed by atoms with Crippen LogP contribution < -0.4 is 10.1 Å². The molecule has 1 saturated carbocycles. The molecule has 3 rings (SSSR count). The summed E-state index contributed by atoms with van der Waals surface area (Å²) in [4.78, 5) is 24.3. The van der Waals surface area contributed by atoms with Crippen LogP contribution in [-0.2, 0) is 9.53 Å². The largest absolute Gasteiger partial charge is 0.497 e. The van der Waals surface area contributed by atoms with E-state index >= 15 is 0 Å². The number of benzene rings is 1. The molecule has 1 aliphatic carbocycles. The van der Waals surface area contributed by atoms with E-state index in [1.807, 2.05) is 0 Å². The minimum Gasteiger partial charge on any atom is -0.497 e. The van der Waals surface area contributed by atoms with E-state index in [2.05, 4.69) is 11.4 Å². The first kappa shape index (κ1) is 17.8. The zero-order valence-electron chi connectivity index (χ0n) is 14.9. The Hall–Kier alpha value is -3.01. The van der Waals surface area contributed by atoms with Gasteiger partial charge in [-0.1, -0.05) is 0 Å². The normalized spacial score (nSPS) is 15.8. The molecule has 0 spiro atoms. The highest BCUT2D eigenvalue weighted by Crippen LogP contribution is 2.39. The van der Waals surface area contributed by atoms with Gasteiger partial charge in [0.2, 0.25) is 5.76 Å². The highest BCUT2D eigenvalue weighted by atomic mass is 16.5. The Morgan fingerprint density at radius 2 is 2.15 bits per heavy atom. The van der Waals surface area contributed by atoms with Gasteiger partial charge in [-0.25, -0.2) is 4.79 Å². The van der Waals surface area contributed by atoms with Gasteiger partial charge in [0, 0.05) is 10.9 Å². The topological polar surface area (TPSA) is 102 Å². The highest BCUT2D eigenvalue weighted by molar-refractivity contribution is 5.97. The fourth-order valence-electron chi connectivity index (χ4n) is 2.93. The molecule has 0 bridgehead atoms. The van der Waals surface area contributed by atoms with Crippen LogP contribution in [0.3, 0.4) is 0 Å². The summed E-state index contributed by atoms with van der Waals surface area (Å²) < 4.78 is 15.8. The third kappa shape index (κ3) is 3.36. The molecule has 2 aromatic rings. The maximum absolute atomic E-state index is 12.3. The smallest absolute Gasteiger partial charge is 0.375 e. The van der Waals surface area contributed by atoms with Crippen molar-refractivity contribution in [2.45, 2.75) is 32.2 Å². The molecule has 1 fully saturated rings. The SMILES string of the molecule is COc1ccc2oc(C(=O)OCC(=O)N[C@](C)(C#N)C3CC3)c(C)c2c1. The molecule has 1 atom stereocenters. The van der Waals surface area contributed by atoms with E-state index < -0.39 is 24.0 Å². The lowest BCUT2D eigenvalue weighted by Gasteiger charge is -2.22. The van der Waals surface area contributed by atoms with Gasteiger partial charge in [-0.05, 0) is 50.8 Å². The molecule has 7 heteroatoms. The summed E-state index contributed by atoms with van der Waals surface area (Å²) in [7, 11) is 1.56. The van der Waals surface area contributed by atoms with E-state index in [1.165, 1.54) is 0 Å². The lowest BCUT2D eigenvalue weighted by atomic mass is 9.98. The van der Waals surface area contributed by atoms with Crippen LogP contribution in [0.4, 0.5) is 0 Å². The van der Waals surface area contributed by atoms with Crippen molar-refractivity contribution in [1.82, 2.24) is 5.32 Å². The van der Waals surface area contributed by atoms with Gasteiger partial charge < -0.3 is 19.2 Å².